The molecule has 0 saturated carbocycles. The van der Waals surface area contributed by atoms with Crippen LogP contribution in [0.2, 0.25) is 0 Å². The first-order valence-corrected chi connectivity index (χ1v) is 10.7. The van der Waals surface area contributed by atoms with Crippen molar-refractivity contribution < 1.29 is 10.8 Å². The summed E-state index contributed by atoms with van der Waals surface area (Å²) in [6, 6.07) is 0. The Bertz CT molecular complexity index is 47.0. The van der Waals surface area contributed by atoms with Gasteiger partial charge in [0.1, 0.15) is 0 Å². The van der Waals surface area contributed by atoms with Crippen molar-refractivity contribution in [3.8, 4) is 0 Å². The molecule has 0 bridgehead atoms. The first-order valence-electron chi connectivity index (χ1n) is 1.02. The third-order valence-electron chi connectivity index (χ3n) is 0. The number of thiocarbonyl (C=S) groups is 1. The van der Waals surface area contributed by atoms with Crippen molar-refractivity contribution in [1.29, 1.82) is 0 Å². The fourth-order valence-corrected chi connectivity index (χ4v) is 0. The SMILES string of the molecule is NC(N)=S.[I][Pd][I]. The van der Waals surface area contributed by atoms with Crippen LogP contribution in [0, 0.1) is 0 Å². The predicted octanol–water partition coefficient (Wildman–Crippen LogP) is 0.958. The second-order valence-electron chi connectivity index (χ2n) is 0.448. The van der Waals surface area contributed by atoms with Crippen molar-refractivity contribution in [3.05, 3.63) is 0 Å². The van der Waals surface area contributed by atoms with E-state index in [-0.39, 0.29) is 5.11 Å². The Morgan fingerprint density at radius 3 is 1.43 bits per heavy atom. The first kappa shape index (κ1) is 11.6. The Morgan fingerprint density at radius 1 is 1.43 bits per heavy atom. The van der Waals surface area contributed by atoms with Crippen LogP contribution in [0.4, 0.5) is 0 Å². The van der Waals surface area contributed by atoms with E-state index in [1.165, 1.54) is 0 Å². The number of hydrogen-bond acceptors (Lipinski definition) is 1. The topological polar surface area (TPSA) is 52.0 Å². The maximum atomic E-state index is 4.62. The summed E-state index contributed by atoms with van der Waals surface area (Å²) in [6.07, 6.45) is 0. The van der Waals surface area contributed by atoms with Gasteiger partial charge in [-0.15, -0.1) is 0 Å². The fourth-order valence-electron chi connectivity index (χ4n) is 0. The third kappa shape index (κ3) is 80.4. The molecule has 0 aromatic rings. The van der Waals surface area contributed by atoms with Crippen LogP contribution in [0.15, 0.2) is 0 Å². The van der Waals surface area contributed by atoms with Crippen LogP contribution in [0.5, 0.6) is 0 Å². The van der Waals surface area contributed by atoms with Crippen molar-refractivity contribution >= 4 is 56.4 Å². The van der Waals surface area contributed by atoms with Gasteiger partial charge in [0.2, 0.25) is 0 Å². The standard InChI is InChI=1S/CH4N2S.2HI.Pd/c2-1(3)4;;;/h(H4,2,3,4);2*1H;/q;;;+2/p-2. The van der Waals surface area contributed by atoms with Crippen molar-refractivity contribution in [2.75, 3.05) is 0 Å². The second-order valence-corrected chi connectivity index (χ2v) is 12.9. The van der Waals surface area contributed by atoms with E-state index in [0.29, 0.717) is 0 Å². The van der Waals surface area contributed by atoms with Crippen molar-refractivity contribution in [2.45, 2.75) is 0 Å². The van der Waals surface area contributed by atoms with Gasteiger partial charge in [0, 0.05) is 0 Å². The monoisotopic (exact) mass is 436 g/mol. The molecule has 0 spiro atoms. The Kier molecular flexibility index (Phi) is 17.8. The molecule has 2 nitrogen and oxygen atoms in total. The average molecular weight is 436 g/mol. The molecule has 4 N–H and O–H groups in total. The molecule has 0 unspecified atom stereocenters. The van der Waals surface area contributed by atoms with Crippen LogP contribution in [-0.4, -0.2) is 5.11 Å². The molecular formula is CH4I2N2PdS. The van der Waals surface area contributed by atoms with Gasteiger partial charge in [0.25, 0.3) is 0 Å². The van der Waals surface area contributed by atoms with Gasteiger partial charge in [-0.05, 0) is 12.2 Å². The van der Waals surface area contributed by atoms with Crippen molar-refractivity contribution in [2.24, 2.45) is 11.5 Å². The molecule has 0 rings (SSSR count). The van der Waals surface area contributed by atoms with Crippen LogP contribution in [0.1, 0.15) is 0 Å². The van der Waals surface area contributed by atoms with Crippen LogP contribution in [0.25, 0.3) is 0 Å². The van der Waals surface area contributed by atoms with Gasteiger partial charge in [-0.3, -0.25) is 0 Å². The molecule has 0 aliphatic carbocycles. The minimum atomic E-state index is 0.000000000000000222. The molecule has 7 heavy (non-hydrogen) atoms. The number of halogens is 2. The molecule has 0 heterocycles. The molecule has 0 aliphatic rings. The zero-order chi connectivity index (χ0) is 6.28. The molecular weight excluding hydrogens is 432 g/mol. The zero-order valence-electron chi connectivity index (χ0n) is 3.14. The zero-order valence-corrected chi connectivity index (χ0v) is 9.82. The van der Waals surface area contributed by atoms with E-state index in [1.807, 2.05) is 0 Å². The van der Waals surface area contributed by atoms with Crippen LogP contribution < -0.4 is 11.5 Å². The summed E-state index contributed by atoms with van der Waals surface area (Å²) >= 11 is 8.74. The van der Waals surface area contributed by atoms with Gasteiger partial charge in [0.05, 0.1) is 0 Å². The second kappa shape index (κ2) is 10.7. The van der Waals surface area contributed by atoms with Gasteiger partial charge in [-0.2, -0.15) is 0 Å². The Balaban J connectivity index is 0. The molecule has 0 aliphatic heterocycles. The van der Waals surface area contributed by atoms with Crippen LogP contribution in [0.3, 0.4) is 0 Å². The molecule has 0 aromatic heterocycles. The quantitative estimate of drug-likeness (QED) is 0.338. The van der Waals surface area contributed by atoms with Gasteiger partial charge in [-0.1, -0.05) is 0 Å². The van der Waals surface area contributed by atoms with E-state index < -0.39 is 0 Å². The van der Waals surface area contributed by atoms with Gasteiger partial charge in [-0.25, -0.2) is 0 Å². The summed E-state index contributed by atoms with van der Waals surface area (Å²) in [7, 11) is 0.890. The molecule has 0 fully saturated rings. The number of hydrogen-bond donors (Lipinski definition) is 2. The van der Waals surface area contributed by atoms with Gasteiger partial charge >= 0.3 is 49.8 Å². The summed E-state index contributed by atoms with van der Waals surface area (Å²) in [4.78, 5) is 0. The van der Waals surface area contributed by atoms with E-state index in [4.69, 9.17) is 0 Å². The molecule has 0 saturated heterocycles. The van der Waals surface area contributed by atoms with Gasteiger partial charge < -0.3 is 11.5 Å². The summed E-state index contributed by atoms with van der Waals surface area (Å²) < 4.78 is 0. The number of rotatable bonds is 0. The fraction of sp³-hybridized carbons (Fsp3) is 0. The summed E-state index contributed by atoms with van der Waals surface area (Å²) in [6.45, 7) is 0. The average Bonchev–Trinajstić information content (AvgIpc) is 1.33. The molecule has 0 atom stereocenters. The molecule has 0 aromatic carbocycles. The Morgan fingerprint density at radius 2 is 1.43 bits per heavy atom. The molecule has 0 radical (unpaired) electrons. The van der Waals surface area contributed by atoms with Crippen LogP contribution in [-0.2, 0) is 10.8 Å². The molecule has 48 valence electrons. The van der Waals surface area contributed by atoms with E-state index in [2.05, 4.69) is 62.7 Å². The first-order chi connectivity index (χ1) is 3.15. The Hall–Kier alpha value is 1.81. The van der Waals surface area contributed by atoms with E-state index >= 15 is 0 Å². The van der Waals surface area contributed by atoms with Crippen LogP contribution >= 0.6 is 51.2 Å². The summed E-state index contributed by atoms with van der Waals surface area (Å²) in [5.41, 5.74) is 9.24. The normalized spacial score (nSPS) is 6.57. The predicted molar refractivity (Wildman–Crippen MR) is 49.0 cm³/mol. The van der Waals surface area contributed by atoms with Gasteiger partial charge in [0.15, 0.2) is 5.11 Å². The minimum absolute atomic E-state index is 0.000000000000000222. The Labute approximate surface area is 77.2 Å². The van der Waals surface area contributed by atoms with Crippen molar-refractivity contribution in [3.63, 3.8) is 0 Å². The third-order valence-corrected chi connectivity index (χ3v) is 0. The van der Waals surface area contributed by atoms with Crippen molar-refractivity contribution in [1.82, 2.24) is 0 Å². The summed E-state index contributed by atoms with van der Waals surface area (Å²) in [5, 5.41) is 0.000000000000000222. The van der Waals surface area contributed by atoms with E-state index in [1.54, 1.807) is 0 Å². The van der Waals surface area contributed by atoms with E-state index in [0.717, 1.165) is 10.8 Å². The molecule has 0 amide bonds. The summed E-state index contributed by atoms with van der Waals surface area (Å²) in [5.74, 6) is 0. The maximum absolute atomic E-state index is 4.62. The number of nitrogens with two attached hydrogens (primary N) is 2. The van der Waals surface area contributed by atoms with E-state index in [9.17, 15) is 0 Å². The molecule has 6 heteroatoms.